The lowest BCUT2D eigenvalue weighted by atomic mass is 10.3. The third-order valence-electron chi connectivity index (χ3n) is 2.48. The van der Waals surface area contributed by atoms with Crippen LogP contribution in [-0.2, 0) is 10.0 Å². The van der Waals surface area contributed by atoms with Gasteiger partial charge in [0.2, 0.25) is 5.76 Å². The van der Waals surface area contributed by atoms with Crippen molar-refractivity contribution in [2.24, 2.45) is 0 Å². The molecule has 0 aliphatic rings. The van der Waals surface area contributed by atoms with Crippen LogP contribution in [0.5, 0.6) is 5.75 Å². The molecule has 0 unspecified atom stereocenters. The van der Waals surface area contributed by atoms with Gasteiger partial charge in [0.25, 0.3) is 10.0 Å². The first-order valence-corrected chi connectivity index (χ1v) is 7.80. The van der Waals surface area contributed by atoms with E-state index in [-0.39, 0.29) is 15.3 Å². The molecule has 112 valence electrons. The Balaban J connectivity index is 2.36. The second-order valence-corrected chi connectivity index (χ2v) is 6.26. The molecular formula is C12H10BrNO6S. The second-order valence-electron chi connectivity index (χ2n) is 3.89. The molecule has 2 aromatic rings. The normalized spacial score (nSPS) is 11.1. The highest BCUT2D eigenvalue weighted by atomic mass is 79.9. The Labute approximate surface area is 128 Å². The van der Waals surface area contributed by atoms with Crippen molar-refractivity contribution in [3.8, 4) is 5.75 Å². The highest BCUT2D eigenvalue weighted by Crippen LogP contribution is 2.28. The van der Waals surface area contributed by atoms with Crippen molar-refractivity contribution < 1.29 is 27.5 Å². The fourth-order valence-corrected chi connectivity index (χ4v) is 3.53. The topological polar surface area (TPSA) is 106 Å². The van der Waals surface area contributed by atoms with Crippen LogP contribution in [-0.4, -0.2) is 26.6 Å². The van der Waals surface area contributed by atoms with E-state index in [1.807, 2.05) is 0 Å². The molecule has 1 aromatic heterocycles. The van der Waals surface area contributed by atoms with Crippen LogP contribution in [0.15, 0.2) is 44.3 Å². The van der Waals surface area contributed by atoms with Crippen molar-refractivity contribution in [1.82, 2.24) is 0 Å². The lowest BCUT2D eigenvalue weighted by molar-refractivity contribution is 0.0661. The van der Waals surface area contributed by atoms with E-state index >= 15 is 0 Å². The number of methoxy groups -OCH3 is 1. The molecule has 0 atom stereocenters. The van der Waals surface area contributed by atoms with Crippen molar-refractivity contribution in [2.75, 3.05) is 11.8 Å². The summed E-state index contributed by atoms with van der Waals surface area (Å²) in [6.45, 7) is 0. The fraction of sp³-hybridized carbons (Fsp3) is 0.0833. The number of furan rings is 1. The third kappa shape index (κ3) is 3.37. The van der Waals surface area contributed by atoms with E-state index in [0.717, 1.165) is 6.07 Å². The third-order valence-corrected chi connectivity index (χ3v) is 4.72. The summed E-state index contributed by atoms with van der Waals surface area (Å²) >= 11 is 2.89. The molecule has 21 heavy (non-hydrogen) atoms. The number of halogens is 1. The predicted molar refractivity (Wildman–Crippen MR) is 77.2 cm³/mol. The number of rotatable bonds is 5. The van der Waals surface area contributed by atoms with Crippen LogP contribution in [0.25, 0.3) is 0 Å². The molecule has 0 amide bonds. The minimum atomic E-state index is -3.99. The first kappa shape index (κ1) is 15.4. The highest BCUT2D eigenvalue weighted by molar-refractivity contribution is 9.10. The Bertz CT molecular complexity index is 783. The standard InChI is InChI=1S/C12H10BrNO6S/c1-19-8-4-2-3-7(5-8)14-21(17,18)10-6-9(12(15)16)20-11(10)13/h2-6,14H,1H3,(H,15,16). The highest BCUT2D eigenvalue weighted by Gasteiger charge is 2.25. The summed E-state index contributed by atoms with van der Waals surface area (Å²) in [5.41, 5.74) is 0.277. The molecule has 0 saturated carbocycles. The van der Waals surface area contributed by atoms with Crippen molar-refractivity contribution in [1.29, 1.82) is 0 Å². The van der Waals surface area contributed by atoms with E-state index in [1.165, 1.54) is 19.2 Å². The number of ether oxygens (including phenoxy) is 1. The maximum atomic E-state index is 12.2. The summed E-state index contributed by atoms with van der Waals surface area (Å²) < 4.78 is 36.4. The number of anilines is 1. The maximum Gasteiger partial charge on any atom is 0.371 e. The van der Waals surface area contributed by atoms with Gasteiger partial charge in [0, 0.05) is 12.1 Å². The van der Waals surface area contributed by atoms with Crippen molar-refractivity contribution in [3.63, 3.8) is 0 Å². The van der Waals surface area contributed by atoms with Crippen molar-refractivity contribution in [2.45, 2.75) is 4.90 Å². The number of hydrogen-bond acceptors (Lipinski definition) is 5. The molecule has 1 heterocycles. The number of aromatic carboxylic acids is 1. The van der Waals surface area contributed by atoms with E-state index in [2.05, 4.69) is 20.7 Å². The zero-order valence-corrected chi connectivity index (χ0v) is 13.1. The maximum absolute atomic E-state index is 12.2. The van der Waals surface area contributed by atoms with Crippen molar-refractivity contribution >= 4 is 37.6 Å². The van der Waals surface area contributed by atoms with Gasteiger partial charge < -0.3 is 14.3 Å². The van der Waals surface area contributed by atoms with E-state index in [0.29, 0.717) is 5.75 Å². The minimum absolute atomic E-state index is 0.185. The molecule has 0 fully saturated rings. The molecule has 0 radical (unpaired) electrons. The minimum Gasteiger partial charge on any atom is -0.497 e. The van der Waals surface area contributed by atoms with E-state index in [4.69, 9.17) is 14.3 Å². The molecule has 0 spiro atoms. The van der Waals surface area contributed by atoms with Crippen LogP contribution in [0.4, 0.5) is 5.69 Å². The molecule has 7 nitrogen and oxygen atoms in total. The van der Waals surface area contributed by atoms with Gasteiger partial charge in [-0.3, -0.25) is 4.72 Å². The van der Waals surface area contributed by atoms with Crippen LogP contribution in [0, 0.1) is 0 Å². The van der Waals surface area contributed by atoms with E-state index in [1.54, 1.807) is 12.1 Å². The second kappa shape index (κ2) is 5.78. The van der Waals surface area contributed by atoms with Gasteiger partial charge in [-0.25, -0.2) is 13.2 Å². The molecule has 1 aromatic carbocycles. The van der Waals surface area contributed by atoms with Gasteiger partial charge in [-0.1, -0.05) is 6.07 Å². The summed E-state index contributed by atoms with van der Waals surface area (Å²) in [5.74, 6) is -1.36. The quantitative estimate of drug-likeness (QED) is 0.831. The van der Waals surface area contributed by atoms with Crippen LogP contribution >= 0.6 is 15.9 Å². The lowest BCUT2D eigenvalue weighted by Gasteiger charge is -2.07. The first-order chi connectivity index (χ1) is 9.83. The fourth-order valence-electron chi connectivity index (χ4n) is 1.54. The Morgan fingerprint density at radius 2 is 2.10 bits per heavy atom. The van der Waals surface area contributed by atoms with Gasteiger partial charge in [0.1, 0.15) is 10.6 Å². The Kier molecular flexibility index (Phi) is 4.24. The van der Waals surface area contributed by atoms with Gasteiger partial charge in [0.05, 0.1) is 12.8 Å². The van der Waals surface area contributed by atoms with Gasteiger partial charge in [0.15, 0.2) is 4.67 Å². The zero-order chi connectivity index (χ0) is 15.6. The molecule has 0 saturated heterocycles. The van der Waals surface area contributed by atoms with Crippen molar-refractivity contribution in [3.05, 3.63) is 40.8 Å². The number of carboxylic acids is 1. The lowest BCUT2D eigenvalue weighted by Crippen LogP contribution is -2.12. The average Bonchev–Trinajstić information content (AvgIpc) is 2.81. The molecule has 9 heteroatoms. The Morgan fingerprint density at radius 1 is 1.38 bits per heavy atom. The van der Waals surface area contributed by atoms with Crippen LogP contribution in [0.3, 0.4) is 0 Å². The first-order valence-electron chi connectivity index (χ1n) is 5.53. The van der Waals surface area contributed by atoms with Gasteiger partial charge in [-0.2, -0.15) is 0 Å². The van der Waals surface area contributed by atoms with Crippen LogP contribution in [0.2, 0.25) is 0 Å². The summed E-state index contributed by atoms with van der Waals surface area (Å²) in [6, 6.07) is 7.22. The summed E-state index contributed by atoms with van der Waals surface area (Å²) in [4.78, 5) is 10.5. The number of nitrogens with one attached hydrogen (secondary N) is 1. The number of sulfonamides is 1. The van der Waals surface area contributed by atoms with E-state index < -0.39 is 21.8 Å². The number of carbonyl (C=O) groups is 1. The number of hydrogen-bond donors (Lipinski definition) is 2. The monoisotopic (exact) mass is 375 g/mol. The van der Waals surface area contributed by atoms with Gasteiger partial charge in [-0.15, -0.1) is 0 Å². The molecule has 0 aliphatic heterocycles. The smallest absolute Gasteiger partial charge is 0.371 e. The summed E-state index contributed by atoms with van der Waals surface area (Å²) in [6.07, 6.45) is 0. The zero-order valence-electron chi connectivity index (χ0n) is 10.7. The largest absolute Gasteiger partial charge is 0.497 e. The SMILES string of the molecule is COc1cccc(NS(=O)(=O)c2cc(C(=O)O)oc2Br)c1. The molecule has 2 rings (SSSR count). The van der Waals surface area contributed by atoms with Crippen LogP contribution < -0.4 is 9.46 Å². The van der Waals surface area contributed by atoms with E-state index in [9.17, 15) is 13.2 Å². The molecule has 2 N–H and O–H groups in total. The Hall–Kier alpha value is -2.00. The molecular weight excluding hydrogens is 366 g/mol. The number of carboxylic acid groups (broad SMARTS) is 1. The average molecular weight is 376 g/mol. The molecule has 0 aliphatic carbocycles. The molecule has 0 bridgehead atoms. The van der Waals surface area contributed by atoms with Crippen LogP contribution in [0.1, 0.15) is 10.6 Å². The van der Waals surface area contributed by atoms with Gasteiger partial charge >= 0.3 is 5.97 Å². The summed E-state index contributed by atoms with van der Waals surface area (Å²) in [5, 5.41) is 8.80. The number of benzene rings is 1. The Morgan fingerprint density at radius 3 is 2.67 bits per heavy atom. The predicted octanol–water partition coefficient (Wildman–Crippen LogP) is 2.55. The summed E-state index contributed by atoms with van der Waals surface area (Å²) in [7, 11) is -2.53. The van der Waals surface area contributed by atoms with Gasteiger partial charge in [-0.05, 0) is 28.1 Å².